The van der Waals surface area contributed by atoms with E-state index in [0.29, 0.717) is 37.5 Å². The molecule has 2 aliphatic rings. The van der Waals surface area contributed by atoms with E-state index in [4.69, 9.17) is 4.74 Å². The number of unbranched alkanes of at least 4 members (excludes halogenated alkanes) is 2. The minimum Gasteiger partial charge on any atom is -0.494 e. The maximum Gasteiger partial charge on any atom is 0.255 e. The van der Waals surface area contributed by atoms with Crippen LogP contribution in [0.2, 0.25) is 0 Å². The van der Waals surface area contributed by atoms with E-state index in [9.17, 15) is 18.0 Å². The fourth-order valence-electron chi connectivity index (χ4n) is 5.36. The molecule has 5 rings (SSSR count). The summed E-state index contributed by atoms with van der Waals surface area (Å²) in [4.78, 5) is 25.1. The normalized spacial score (nSPS) is 19.0. The molecule has 1 aromatic heterocycles. The zero-order valence-electron chi connectivity index (χ0n) is 21.5. The van der Waals surface area contributed by atoms with Crippen molar-refractivity contribution in [3.05, 3.63) is 88.3 Å². The van der Waals surface area contributed by atoms with Crippen molar-refractivity contribution in [2.45, 2.75) is 50.0 Å². The number of piperidine rings is 1. The highest BCUT2D eigenvalue weighted by atomic mass is 32.2. The minimum atomic E-state index is -3.71. The largest absolute Gasteiger partial charge is 0.494 e. The Labute approximate surface area is 223 Å². The molecule has 1 saturated heterocycles. The predicted molar refractivity (Wildman–Crippen MR) is 146 cm³/mol. The van der Waals surface area contributed by atoms with Gasteiger partial charge in [0.05, 0.1) is 11.5 Å². The number of aromatic nitrogens is 1. The number of anilines is 1. The van der Waals surface area contributed by atoms with Gasteiger partial charge in [-0.15, -0.1) is 0 Å². The molecule has 2 aliphatic heterocycles. The van der Waals surface area contributed by atoms with Crippen molar-refractivity contribution < 1.29 is 17.9 Å². The van der Waals surface area contributed by atoms with Crippen LogP contribution >= 0.6 is 0 Å². The number of amides is 1. The van der Waals surface area contributed by atoms with E-state index in [0.717, 1.165) is 37.1 Å². The third-order valence-corrected chi connectivity index (χ3v) is 9.18. The molecule has 0 saturated carbocycles. The number of benzene rings is 2. The summed E-state index contributed by atoms with van der Waals surface area (Å²) in [5, 5.41) is 2.82. The van der Waals surface area contributed by atoms with Gasteiger partial charge in [0.1, 0.15) is 5.75 Å². The van der Waals surface area contributed by atoms with Gasteiger partial charge in [0, 0.05) is 48.6 Å². The Bertz CT molecular complexity index is 1450. The van der Waals surface area contributed by atoms with Crippen molar-refractivity contribution >= 4 is 21.6 Å². The lowest BCUT2D eigenvalue weighted by molar-refractivity contribution is 0.102. The SMILES string of the molecule is CCCCCOc1ccc(C(=O)Nc2ccc(S(=O)(=O)N3C[C@H]4C[C@H](C3)c3cccc(=O)n3C4)cc2)cc1. The Morgan fingerprint density at radius 2 is 1.74 bits per heavy atom. The minimum absolute atomic E-state index is 0.00198. The Hall–Kier alpha value is -3.43. The third kappa shape index (κ3) is 5.54. The van der Waals surface area contributed by atoms with Crippen LogP contribution in [0.3, 0.4) is 0 Å². The first-order valence-corrected chi connectivity index (χ1v) is 14.6. The summed E-state index contributed by atoms with van der Waals surface area (Å²) in [6.45, 7) is 4.06. The molecular formula is C29H33N3O5S. The van der Waals surface area contributed by atoms with Crippen LogP contribution in [0, 0.1) is 5.92 Å². The fraction of sp³-hybridized carbons (Fsp3) is 0.379. The molecule has 2 atom stereocenters. The first-order valence-electron chi connectivity index (χ1n) is 13.2. The number of sulfonamides is 1. The second-order valence-electron chi connectivity index (χ2n) is 10.1. The summed E-state index contributed by atoms with van der Waals surface area (Å²) in [7, 11) is -3.71. The van der Waals surface area contributed by atoms with Crippen molar-refractivity contribution in [2.75, 3.05) is 25.0 Å². The lowest BCUT2D eigenvalue weighted by atomic mass is 9.84. The van der Waals surface area contributed by atoms with Crippen LogP contribution in [0.4, 0.5) is 5.69 Å². The van der Waals surface area contributed by atoms with E-state index < -0.39 is 10.0 Å². The Morgan fingerprint density at radius 3 is 2.47 bits per heavy atom. The van der Waals surface area contributed by atoms with Gasteiger partial charge in [-0.25, -0.2) is 8.42 Å². The van der Waals surface area contributed by atoms with Crippen LogP contribution in [0.15, 0.2) is 76.4 Å². The molecule has 1 N–H and O–H groups in total. The second kappa shape index (κ2) is 11.1. The average molecular weight is 536 g/mol. The standard InChI is InChI=1S/C29H33N3O5S/c1-2-3-4-16-37-25-12-8-22(9-13-25)29(34)30-24-10-14-26(15-11-24)38(35,36)31-18-21-17-23(20-31)27-6-5-7-28(33)32(27)19-21/h5-15,21,23H,2-4,16-20H2,1H3,(H,30,34)/t21-,23-/m1/s1. The molecule has 3 aromatic rings. The van der Waals surface area contributed by atoms with Crippen molar-refractivity contribution in [3.8, 4) is 5.75 Å². The molecule has 1 amide bonds. The third-order valence-electron chi connectivity index (χ3n) is 7.33. The zero-order chi connectivity index (χ0) is 26.7. The van der Waals surface area contributed by atoms with Crippen molar-refractivity contribution in [3.63, 3.8) is 0 Å². The predicted octanol–water partition coefficient (Wildman–Crippen LogP) is 4.48. The van der Waals surface area contributed by atoms with Crippen LogP contribution < -0.4 is 15.6 Å². The first kappa shape index (κ1) is 26.2. The smallest absolute Gasteiger partial charge is 0.255 e. The second-order valence-corrected chi connectivity index (χ2v) is 12.0. The van der Waals surface area contributed by atoms with Gasteiger partial charge in [-0.3, -0.25) is 9.59 Å². The van der Waals surface area contributed by atoms with E-state index >= 15 is 0 Å². The molecule has 0 spiro atoms. The van der Waals surface area contributed by atoms with Crippen LogP contribution in [0.25, 0.3) is 0 Å². The summed E-state index contributed by atoms with van der Waals surface area (Å²) < 4.78 is 35.9. The molecule has 9 heteroatoms. The molecule has 2 aromatic carbocycles. The average Bonchev–Trinajstić information content (AvgIpc) is 2.92. The van der Waals surface area contributed by atoms with Gasteiger partial charge >= 0.3 is 0 Å². The Kier molecular flexibility index (Phi) is 7.67. The van der Waals surface area contributed by atoms with Gasteiger partial charge in [-0.05, 0) is 73.4 Å². The summed E-state index contributed by atoms with van der Waals surface area (Å²) in [5.74, 6) is 0.543. The van der Waals surface area contributed by atoms with Crippen molar-refractivity contribution in [1.82, 2.24) is 8.87 Å². The zero-order valence-corrected chi connectivity index (χ0v) is 22.3. The molecule has 0 radical (unpaired) electrons. The number of fused-ring (bicyclic) bond motifs is 4. The number of rotatable bonds is 9. The van der Waals surface area contributed by atoms with Gasteiger partial charge < -0.3 is 14.6 Å². The van der Waals surface area contributed by atoms with Gasteiger partial charge in [-0.2, -0.15) is 4.31 Å². The topological polar surface area (TPSA) is 97.7 Å². The number of ether oxygens (including phenoxy) is 1. The van der Waals surface area contributed by atoms with Crippen LogP contribution in [0.5, 0.6) is 5.75 Å². The van der Waals surface area contributed by atoms with E-state index in [2.05, 4.69) is 12.2 Å². The highest BCUT2D eigenvalue weighted by molar-refractivity contribution is 7.89. The maximum absolute atomic E-state index is 13.5. The Morgan fingerprint density at radius 1 is 0.974 bits per heavy atom. The quantitative estimate of drug-likeness (QED) is 0.408. The number of hydrogen-bond donors (Lipinski definition) is 1. The van der Waals surface area contributed by atoms with E-state index in [-0.39, 0.29) is 28.2 Å². The van der Waals surface area contributed by atoms with E-state index in [1.807, 2.05) is 6.07 Å². The molecule has 0 unspecified atom stereocenters. The molecule has 0 aliphatic carbocycles. The summed E-state index contributed by atoms with van der Waals surface area (Å²) in [6, 6.07) is 18.5. The number of nitrogens with zero attached hydrogens (tertiary/aromatic N) is 2. The number of carbonyl (C=O) groups excluding carboxylic acids is 1. The summed E-state index contributed by atoms with van der Waals surface area (Å²) >= 11 is 0. The van der Waals surface area contributed by atoms with Gasteiger partial charge in [0.15, 0.2) is 0 Å². The number of hydrogen-bond acceptors (Lipinski definition) is 5. The lowest BCUT2D eigenvalue weighted by Gasteiger charge is -2.42. The Balaban J connectivity index is 1.22. The van der Waals surface area contributed by atoms with E-state index in [1.54, 1.807) is 53.1 Å². The van der Waals surface area contributed by atoms with E-state index in [1.165, 1.54) is 16.4 Å². The summed E-state index contributed by atoms with van der Waals surface area (Å²) in [5.41, 5.74) is 1.88. The van der Waals surface area contributed by atoms with Crippen LogP contribution in [-0.4, -0.2) is 42.9 Å². The van der Waals surface area contributed by atoms with Crippen LogP contribution in [-0.2, 0) is 16.6 Å². The maximum atomic E-state index is 13.5. The fourth-order valence-corrected chi connectivity index (χ4v) is 6.92. The molecule has 3 heterocycles. The van der Waals surface area contributed by atoms with Crippen LogP contribution in [0.1, 0.15) is 54.6 Å². The molecule has 1 fully saturated rings. The first-order chi connectivity index (χ1) is 18.3. The molecule has 2 bridgehead atoms. The monoisotopic (exact) mass is 535 g/mol. The lowest BCUT2D eigenvalue weighted by Crippen LogP contribution is -2.48. The molecule has 8 nitrogen and oxygen atoms in total. The number of nitrogens with one attached hydrogen (secondary N) is 1. The van der Waals surface area contributed by atoms with Gasteiger partial charge in [-0.1, -0.05) is 25.8 Å². The number of carbonyl (C=O) groups is 1. The highest BCUT2D eigenvalue weighted by Crippen LogP contribution is 2.37. The number of pyridine rings is 1. The van der Waals surface area contributed by atoms with Crippen molar-refractivity contribution in [2.24, 2.45) is 5.92 Å². The molecular weight excluding hydrogens is 502 g/mol. The highest BCUT2D eigenvalue weighted by Gasteiger charge is 2.39. The van der Waals surface area contributed by atoms with Crippen molar-refractivity contribution in [1.29, 1.82) is 0 Å². The summed E-state index contributed by atoms with van der Waals surface area (Å²) in [6.07, 6.45) is 4.13. The van der Waals surface area contributed by atoms with Gasteiger partial charge in [0.2, 0.25) is 10.0 Å². The molecule has 200 valence electrons. The molecule has 38 heavy (non-hydrogen) atoms. The van der Waals surface area contributed by atoms with Gasteiger partial charge in [0.25, 0.3) is 11.5 Å².